The number of nitrogens with two attached hydrogens (primary N) is 1. The molecular weight excluding hydrogens is 422 g/mol. The molecule has 0 unspecified atom stereocenters. The van der Waals surface area contributed by atoms with E-state index in [1.54, 1.807) is 0 Å². The van der Waals surface area contributed by atoms with Crippen molar-refractivity contribution < 1.29 is 0 Å². The molecule has 3 nitrogen and oxygen atoms in total. The highest BCUT2D eigenvalue weighted by Gasteiger charge is 2.11. The van der Waals surface area contributed by atoms with Crippen LogP contribution in [-0.2, 0) is 6.42 Å². The predicted molar refractivity (Wildman–Crippen MR) is 148 cm³/mol. The molecule has 1 aromatic heterocycles. The molecule has 0 saturated carbocycles. The van der Waals surface area contributed by atoms with Gasteiger partial charge < -0.3 is 5.73 Å². The van der Waals surface area contributed by atoms with E-state index in [0.717, 1.165) is 61.2 Å². The van der Waals surface area contributed by atoms with E-state index >= 15 is 0 Å². The highest BCUT2D eigenvalue weighted by atomic mass is 32.2. The maximum Gasteiger partial charge on any atom is 0.0713 e. The second-order valence-corrected chi connectivity index (χ2v) is 9.51. The van der Waals surface area contributed by atoms with Crippen molar-refractivity contribution in [3.63, 3.8) is 0 Å². The average Bonchev–Trinajstić information content (AvgIpc) is 2.78. The SMILES string of the molecule is C=C(C)/N=C(C)\C=C(/CCCC)Sc1cc(/C=C\CCC)ccc1-c1ccc(CCN)cn1. The molecule has 0 aliphatic heterocycles. The Hall–Kier alpha value is -2.43. The summed E-state index contributed by atoms with van der Waals surface area (Å²) in [6.45, 7) is 13.0. The summed E-state index contributed by atoms with van der Waals surface area (Å²) in [7, 11) is 0. The number of unbranched alkanes of at least 4 members (excludes halogenated alkanes) is 2. The number of aromatic nitrogens is 1. The number of hydrogen-bond donors (Lipinski definition) is 1. The van der Waals surface area contributed by atoms with Gasteiger partial charge in [0.1, 0.15) is 0 Å². The molecule has 1 heterocycles. The van der Waals surface area contributed by atoms with Crippen LogP contribution in [0.4, 0.5) is 0 Å². The predicted octanol–water partition coefficient (Wildman–Crippen LogP) is 8.22. The van der Waals surface area contributed by atoms with Gasteiger partial charge in [-0.05, 0) is 80.3 Å². The second kappa shape index (κ2) is 14.7. The number of thioether (sulfide) groups is 1. The van der Waals surface area contributed by atoms with Crippen LogP contribution in [-0.4, -0.2) is 17.2 Å². The van der Waals surface area contributed by atoms with E-state index in [0.29, 0.717) is 6.54 Å². The van der Waals surface area contributed by atoms with Gasteiger partial charge in [-0.3, -0.25) is 9.98 Å². The Bertz CT molecular complexity index is 984. The van der Waals surface area contributed by atoms with Crippen LogP contribution < -0.4 is 5.73 Å². The number of aliphatic imine (C=N–C) groups is 1. The summed E-state index contributed by atoms with van der Waals surface area (Å²) in [6, 6.07) is 10.9. The Morgan fingerprint density at radius 2 is 1.97 bits per heavy atom. The van der Waals surface area contributed by atoms with Crippen molar-refractivity contribution in [3.05, 3.63) is 77.0 Å². The van der Waals surface area contributed by atoms with Gasteiger partial charge >= 0.3 is 0 Å². The van der Waals surface area contributed by atoms with Crippen LogP contribution >= 0.6 is 11.8 Å². The third-order valence-corrected chi connectivity index (χ3v) is 6.20. The van der Waals surface area contributed by atoms with Gasteiger partial charge in [-0.1, -0.05) is 75.4 Å². The molecule has 0 fully saturated rings. The van der Waals surface area contributed by atoms with Gasteiger partial charge in [-0.2, -0.15) is 0 Å². The van der Waals surface area contributed by atoms with E-state index in [9.17, 15) is 0 Å². The Labute approximate surface area is 205 Å². The van der Waals surface area contributed by atoms with Crippen LogP contribution in [0, 0.1) is 0 Å². The quantitative estimate of drug-likeness (QED) is 0.241. The van der Waals surface area contributed by atoms with Gasteiger partial charge in [0, 0.05) is 28.1 Å². The summed E-state index contributed by atoms with van der Waals surface area (Å²) in [4.78, 5) is 11.8. The number of hydrogen-bond acceptors (Lipinski definition) is 4. The van der Waals surface area contributed by atoms with E-state index in [1.807, 2.05) is 31.8 Å². The molecule has 0 bridgehead atoms. The number of benzene rings is 1. The fourth-order valence-electron chi connectivity index (χ4n) is 3.43. The lowest BCUT2D eigenvalue weighted by atomic mass is 10.1. The zero-order valence-electron chi connectivity index (χ0n) is 20.7. The number of allylic oxidation sites excluding steroid dienone is 4. The zero-order chi connectivity index (χ0) is 24.1. The molecule has 0 spiro atoms. The minimum Gasteiger partial charge on any atom is -0.330 e. The summed E-state index contributed by atoms with van der Waals surface area (Å²) in [5.41, 5.74) is 12.1. The van der Waals surface area contributed by atoms with Crippen molar-refractivity contribution >= 4 is 23.5 Å². The molecule has 0 saturated heterocycles. The molecule has 0 radical (unpaired) electrons. The van der Waals surface area contributed by atoms with Crippen molar-refractivity contribution in [2.45, 2.75) is 71.1 Å². The van der Waals surface area contributed by atoms with Gasteiger partial charge in [-0.25, -0.2) is 0 Å². The number of nitrogens with zero attached hydrogens (tertiary/aromatic N) is 2. The molecule has 1 aromatic carbocycles. The molecule has 4 heteroatoms. The largest absolute Gasteiger partial charge is 0.330 e. The monoisotopic (exact) mass is 461 g/mol. The summed E-state index contributed by atoms with van der Waals surface area (Å²) in [5.74, 6) is 0. The maximum absolute atomic E-state index is 5.71. The lowest BCUT2D eigenvalue weighted by Crippen LogP contribution is -2.03. The lowest BCUT2D eigenvalue weighted by molar-refractivity contribution is 0.809. The first-order chi connectivity index (χ1) is 16.0. The molecule has 0 atom stereocenters. The molecule has 2 aromatic rings. The highest BCUT2D eigenvalue weighted by Crippen LogP contribution is 2.38. The Morgan fingerprint density at radius 1 is 1.15 bits per heavy atom. The maximum atomic E-state index is 5.71. The molecule has 0 aliphatic carbocycles. The van der Waals surface area contributed by atoms with Crippen LogP contribution in [0.2, 0.25) is 0 Å². The van der Waals surface area contributed by atoms with Crippen molar-refractivity contribution in [1.82, 2.24) is 4.98 Å². The van der Waals surface area contributed by atoms with Crippen LogP contribution in [0.1, 0.15) is 70.9 Å². The van der Waals surface area contributed by atoms with E-state index < -0.39 is 0 Å². The van der Waals surface area contributed by atoms with Crippen molar-refractivity contribution in [2.75, 3.05) is 6.54 Å². The summed E-state index contributed by atoms with van der Waals surface area (Å²) in [6.07, 6.45) is 15.1. The average molecular weight is 462 g/mol. The number of rotatable bonds is 13. The highest BCUT2D eigenvalue weighted by molar-refractivity contribution is 8.03. The topological polar surface area (TPSA) is 51.3 Å². The Morgan fingerprint density at radius 3 is 2.61 bits per heavy atom. The van der Waals surface area contributed by atoms with Gasteiger partial charge in [0.25, 0.3) is 0 Å². The molecular formula is C29H39N3S. The third-order valence-electron chi connectivity index (χ3n) is 5.06. The minimum absolute atomic E-state index is 0.636. The summed E-state index contributed by atoms with van der Waals surface area (Å²) >= 11 is 1.83. The first-order valence-corrected chi connectivity index (χ1v) is 12.8. The lowest BCUT2D eigenvalue weighted by Gasteiger charge is -2.13. The van der Waals surface area contributed by atoms with Crippen LogP contribution in [0.25, 0.3) is 17.3 Å². The Kier molecular flexibility index (Phi) is 11.9. The minimum atomic E-state index is 0.636. The fraction of sp³-hybridized carbons (Fsp3) is 0.379. The van der Waals surface area contributed by atoms with Crippen LogP contribution in [0.3, 0.4) is 0 Å². The molecule has 2 N–H and O–H groups in total. The fourth-order valence-corrected chi connectivity index (χ4v) is 4.67. The molecule has 0 amide bonds. The summed E-state index contributed by atoms with van der Waals surface area (Å²) in [5, 5.41) is 0. The Balaban J connectivity index is 2.48. The smallest absolute Gasteiger partial charge is 0.0713 e. The van der Waals surface area contributed by atoms with E-state index in [1.165, 1.54) is 20.9 Å². The molecule has 0 aliphatic rings. The normalized spacial score (nSPS) is 12.5. The first-order valence-electron chi connectivity index (χ1n) is 12.0. The van der Waals surface area contributed by atoms with Gasteiger partial charge in [0.2, 0.25) is 0 Å². The molecule has 176 valence electrons. The van der Waals surface area contributed by atoms with Crippen LogP contribution in [0.15, 0.2) is 75.7 Å². The second-order valence-electron chi connectivity index (χ2n) is 8.34. The van der Waals surface area contributed by atoms with Crippen LogP contribution in [0.5, 0.6) is 0 Å². The standard InChI is InChI=1S/C29H39N3S/c1-6-8-10-11-24-13-15-27(28-16-14-25(17-18-30)21-31-28)29(20-24)33-26(12-9-7-2)19-23(5)32-22(3)4/h10-11,13-16,19-21H,3,6-9,12,17-18,30H2,1-2,4-5H3/b11-10-,26-19+,32-23-. The van der Waals surface area contributed by atoms with Crippen molar-refractivity contribution in [3.8, 4) is 11.3 Å². The van der Waals surface area contributed by atoms with Gasteiger partial charge in [0.05, 0.1) is 5.69 Å². The summed E-state index contributed by atoms with van der Waals surface area (Å²) < 4.78 is 0. The van der Waals surface area contributed by atoms with E-state index in [2.05, 4.69) is 74.0 Å². The van der Waals surface area contributed by atoms with E-state index in [4.69, 9.17) is 10.7 Å². The zero-order valence-corrected chi connectivity index (χ0v) is 21.5. The number of pyridine rings is 1. The van der Waals surface area contributed by atoms with E-state index in [-0.39, 0.29) is 0 Å². The molecule has 33 heavy (non-hydrogen) atoms. The third kappa shape index (κ3) is 9.53. The molecule has 2 rings (SSSR count). The van der Waals surface area contributed by atoms with Crippen molar-refractivity contribution in [2.24, 2.45) is 10.7 Å². The van der Waals surface area contributed by atoms with Gasteiger partial charge in [-0.15, -0.1) is 0 Å². The van der Waals surface area contributed by atoms with Gasteiger partial charge in [0.15, 0.2) is 0 Å². The first kappa shape index (κ1) is 26.8. The van der Waals surface area contributed by atoms with Crippen molar-refractivity contribution in [1.29, 1.82) is 0 Å².